The van der Waals surface area contributed by atoms with Crippen LogP contribution < -0.4 is 0 Å². The third-order valence-electron chi connectivity index (χ3n) is 5.22. The van der Waals surface area contributed by atoms with Crippen molar-refractivity contribution in [2.75, 3.05) is 13.1 Å². The summed E-state index contributed by atoms with van der Waals surface area (Å²) >= 11 is 0. The van der Waals surface area contributed by atoms with Gasteiger partial charge in [0.1, 0.15) is 6.04 Å². The zero-order valence-corrected chi connectivity index (χ0v) is 14.2. The Kier molecular flexibility index (Phi) is 3.59. The van der Waals surface area contributed by atoms with Gasteiger partial charge >= 0.3 is 0 Å². The molecule has 4 rings (SSSR count). The highest BCUT2D eigenvalue weighted by atomic mass is 16.2. The lowest BCUT2D eigenvalue weighted by molar-refractivity contribution is -0.157. The molecule has 5 heteroatoms. The van der Waals surface area contributed by atoms with Gasteiger partial charge in [-0.3, -0.25) is 9.59 Å². The Bertz CT molecular complexity index is 808. The summed E-state index contributed by atoms with van der Waals surface area (Å²) < 4.78 is 0. The zero-order chi connectivity index (χ0) is 16.8. The topological polar surface area (TPSA) is 56.4 Å². The van der Waals surface area contributed by atoms with E-state index in [0.717, 1.165) is 17.6 Å². The molecule has 1 aromatic carbocycles. The van der Waals surface area contributed by atoms with E-state index in [9.17, 15) is 9.59 Å². The normalized spacial score (nSPS) is 20.7. The molecule has 1 aromatic heterocycles. The van der Waals surface area contributed by atoms with Crippen LogP contribution in [0.4, 0.5) is 0 Å². The molecule has 24 heavy (non-hydrogen) atoms. The molecule has 0 bridgehead atoms. The molecule has 0 unspecified atom stereocenters. The van der Waals surface area contributed by atoms with Gasteiger partial charge in [0.15, 0.2) is 0 Å². The molecule has 0 aliphatic carbocycles. The van der Waals surface area contributed by atoms with E-state index in [2.05, 4.69) is 24.9 Å². The number of hydrogen-bond acceptors (Lipinski definition) is 2. The first-order valence-corrected chi connectivity index (χ1v) is 8.71. The molecule has 0 spiro atoms. The van der Waals surface area contributed by atoms with Crippen molar-refractivity contribution in [2.24, 2.45) is 5.92 Å². The monoisotopic (exact) mass is 325 g/mol. The summed E-state index contributed by atoms with van der Waals surface area (Å²) in [6, 6.07) is 7.81. The summed E-state index contributed by atoms with van der Waals surface area (Å²) in [5.74, 6) is 0.691. The van der Waals surface area contributed by atoms with Crippen molar-refractivity contribution in [1.82, 2.24) is 14.8 Å². The molecule has 126 valence electrons. The second kappa shape index (κ2) is 5.65. The molecule has 2 aromatic rings. The molecule has 1 atom stereocenters. The number of nitrogens with zero attached hydrogens (tertiary/aromatic N) is 2. The first kappa shape index (κ1) is 15.2. The standard InChI is InChI=1S/C19H23N3O2/c1-12(2)7-8-21-11-18(23)22-10-16-14(9-17(22)19(21)24)13-5-3-4-6-15(13)20-16/h3-6,12,17,20H,7-11H2,1-2H3/t17-/m1/s1. The van der Waals surface area contributed by atoms with Gasteiger partial charge in [-0.05, 0) is 24.0 Å². The number of benzene rings is 1. The summed E-state index contributed by atoms with van der Waals surface area (Å²) in [5, 5.41) is 1.17. The number of nitrogens with one attached hydrogen (secondary N) is 1. The lowest BCUT2D eigenvalue weighted by Gasteiger charge is -2.42. The molecule has 2 aliphatic rings. The summed E-state index contributed by atoms with van der Waals surface area (Å²) in [5.41, 5.74) is 3.35. The van der Waals surface area contributed by atoms with Crippen LogP contribution in [0.2, 0.25) is 0 Å². The van der Waals surface area contributed by atoms with Crippen molar-refractivity contribution >= 4 is 22.7 Å². The molecule has 5 nitrogen and oxygen atoms in total. The summed E-state index contributed by atoms with van der Waals surface area (Å²) in [6.45, 7) is 5.69. The van der Waals surface area contributed by atoms with Crippen molar-refractivity contribution in [3.8, 4) is 0 Å². The SMILES string of the molecule is CC(C)CCN1CC(=O)N2Cc3[nH]c4ccccc4c3C[C@@H]2C1=O. The number of rotatable bonds is 3. The third kappa shape index (κ3) is 2.39. The van der Waals surface area contributed by atoms with Crippen molar-refractivity contribution in [2.45, 2.75) is 39.3 Å². The van der Waals surface area contributed by atoms with Crippen LogP contribution in [0.15, 0.2) is 24.3 Å². The lowest BCUT2D eigenvalue weighted by Crippen LogP contribution is -2.61. The van der Waals surface area contributed by atoms with Crippen LogP contribution in [0.25, 0.3) is 10.9 Å². The highest BCUT2D eigenvalue weighted by Gasteiger charge is 2.42. The minimum Gasteiger partial charge on any atom is -0.357 e. The molecular weight excluding hydrogens is 302 g/mol. The Morgan fingerprint density at radius 2 is 2.00 bits per heavy atom. The fraction of sp³-hybridized carbons (Fsp3) is 0.474. The molecule has 1 saturated heterocycles. The van der Waals surface area contributed by atoms with Crippen LogP contribution in [0.5, 0.6) is 0 Å². The second-order valence-corrected chi connectivity index (χ2v) is 7.31. The highest BCUT2D eigenvalue weighted by molar-refractivity contribution is 5.96. The number of carbonyl (C=O) groups is 2. The molecular formula is C19H23N3O2. The molecule has 1 fully saturated rings. The third-order valence-corrected chi connectivity index (χ3v) is 5.22. The number of aromatic amines is 1. The van der Waals surface area contributed by atoms with Crippen molar-refractivity contribution < 1.29 is 9.59 Å². The van der Waals surface area contributed by atoms with E-state index in [1.165, 1.54) is 10.9 Å². The highest BCUT2D eigenvalue weighted by Crippen LogP contribution is 2.32. The predicted octanol–water partition coefficient (Wildman–Crippen LogP) is 2.31. The average molecular weight is 325 g/mol. The molecule has 2 amide bonds. The Labute approximate surface area is 141 Å². The zero-order valence-electron chi connectivity index (χ0n) is 14.2. The van der Waals surface area contributed by atoms with E-state index in [-0.39, 0.29) is 24.4 Å². The van der Waals surface area contributed by atoms with E-state index in [4.69, 9.17) is 0 Å². The molecule has 2 aliphatic heterocycles. The number of aromatic nitrogens is 1. The number of piperazine rings is 1. The van der Waals surface area contributed by atoms with Crippen LogP contribution in [0.3, 0.4) is 0 Å². The Morgan fingerprint density at radius 3 is 2.79 bits per heavy atom. The summed E-state index contributed by atoms with van der Waals surface area (Å²) in [7, 11) is 0. The van der Waals surface area contributed by atoms with Gasteiger partial charge in [-0.25, -0.2) is 0 Å². The number of carbonyl (C=O) groups excluding carboxylic acids is 2. The van der Waals surface area contributed by atoms with Crippen LogP contribution in [0.1, 0.15) is 31.5 Å². The van der Waals surface area contributed by atoms with Crippen molar-refractivity contribution in [3.05, 3.63) is 35.5 Å². The minimum absolute atomic E-state index is 0.0627. The van der Waals surface area contributed by atoms with Crippen LogP contribution in [-0.2, 0) is 22.6 Å². The van der Waals surface area contributed by atoms with Gasteiger partial charge in [-0.15, -0.1) is 0 Å². The quantitative estimate of drug-likeness (QED) is 0.941. The van der Waals surface area contributed by atoms with Crippen molar-refractivity contribution in [3.63, 3.8) is 0 Å². The van der Waals surface area contributed by atoms with Gasteiger partial charge in [0, 0.05) is 29.6 Å². The first-order chi connectivity index (χ1) is 11.5. The van der Waals surface area contributed by atoms with Crippen LogP contribution in [-0.4, -0.2) is 45.7 Å². The fourth-order valence-corrected chi connectivity index (χ4v) is 3.84. The number of hydrogen-bond donors (Lipinski definition) is 1. The maximum Gasteiger partial charge on any atom is 0.246 e. The molecule has 1 N–H and O–H groups in total. The number of H-pyrrole nitrogens is 1. The van der Waals surface area contributed by atoms with Gasteiger partial charge in [0.25, 0.3) is 0 Å². The molecule has 0 radical (unpaired) electrons. The van der Waals surface area contributed by atoms with Gasteiger partial charge in [0.2, 0.25) is 11.8 Å². The van der Waals surface area contributed by atoms with E-state index in [1.54, 1.807) is 9.80 Å². The van der Waals surface area contributed by atoms with Gasteiger partial charge in [-0.1, -0.05) is 32.0 Å². The summed E-state index contributed by atoms with van der Waals surface area (Å²) in [4.78, 5) is 32.4. The average Bonchev–Trinajstić information content (AvgIpc) is 2.93. The van der Waals surface area contributed by atoms with Crippen LogP contribution in [0, 0.1) is 5.92 Å². The number of amides is 2. The fourth-order valence-electron chi connectivity index (χ4n) is 3.84. The van der Waals surface area contributed by atoms with E-state index in [0.29, 0.717) is 25.4 Å². The minimum atomic E-state index is -0.342. The van der Waals surface area contributed by atoms with E-state index < -0.39 is 0 Å². The Balaban J connectivity index is 1.65. The van der Waals surface area contributed by atoms with Gasteiger partial charge < -0.3 is 14.8 Å². The smallest absolute Gasteiger partial charge is 0.246 e. The Hall–Kier alpha value is -2.30. The second-order valence-electron chi connectivity index (χ2n) is 7.31. The lowest BCUT2D eigenvalue weighted by atomic mass is 9.93. The molecule has 0 saturated carbocycles. The van der Waals surface area contributed by atoms with E-state index >= 15 is 0 Å². The van der Waals surface area contributed by atoms with Gasteiger partial charge in [0.05, 0.1) is 13.1 Å². The maximum atomic E-state index is 12.9. The Morgan fingerprint density at radius 1 is 1.21 bits per heavy atom. The maximum absolute atomic E-state index is 12.9. The van der Waals surface area contributed by atoms with Crippen LogP contribution >= 0.6 is 0 Å². The number of para-hydroxylation sites is 1. The molecule has 3 heterocycles. The number of fused-ring (bicyclic) bond motifs is 4. The largest absolute Gasteiger partial charge is 0.357 e. The van der Waals surface area contributed by atoms with Gasteiger partial charge in [-0.2, -0.15) is 0 Å². The van der Waals surface area contributed by atoms with Crippen molar-refractivity contribution in [1.29, 1.82) is 0 Å². The first-order valence-electron chi connectivity index (χ1n) is 8.71. The summed E-state index contributed by atoms with van der Waals surface area (Å²) in [6.07, 6.45) is 1.55. The van der Waals surface area contributed by atoms with E-state index in [1.807, 2.05) is 18.2 Å². The predicted molar refractivity (Wildman–Crippen MR) is 92.4 cm³/mol.